The minimum Gasteiger partial charge on any atom is -0.497 e. The third-order valence-electron chi connectivity index (χ3n) is 2.83. The summed E-state index contributed by atoms with van der Waals surface area (Å²) in [6.45, 7) is 6.57. The molecule has 0 aliphatic carbocycles. The molecule has 0 fully saturated rings. The monoisotopic (exact) mass is 221 g/mol. The van der Waals surface area contributed by atoms with Crippen molar-refractivity contribution in [3.63, 3.8) is 0 Å². The van der Waals surface area contributed by atoms with Crippen molar-refractivity contribution in [2.24, 2.45) is 0 Å². The van der Waals surface area contributed by atoms with Gasteiger partial charge in [-0.1, -0.05) is 19.8 Å². The minimum atomic E-state index is 0.534. The number of aryl methyl sites for hydroxylation is 1. The van der Waals surface area contributed by atoms with Crippen LogP contribution in [0.1, 0.15) is 38.7 Å². The van der Waals surface area contributed by atoms with E-state index in [0.717, 1.165) is 5.75 Å². The van der Waals surface area contributed by atoms with Gasteiger partial charge in [0.2, 0.25) is 0 Å². The number of nitrogens with one attached hydrogen (secondary N) is 1. The van der Waals surface area contributed by atoms with Crippen LogP contribution in [0.25, 0.3) is 0 Å². The number of unbranched alkanes of at least 4 members (excludes halogenated alkanes) is 1. The van der Waals surface area contributed by atoms with Crippen molar-refractivity contribution in [3.8, 4) is 5.75 Å². The van der Waals surface area contributed by atoms with E-state index in [1.54, 1.807) is 7.11 Å². The van der Waals surface area contributed by atoms with E-state index in [1.165, 1.54) is 30.5 Å². The van der Waals surface area contributed by atoms with E-state index in [1.807, 2.05) is 6.07 Å². The summed E-state index contributed by atoms with van der Waals surface area (Å²) in [5.74, 6) is 0.921. The molecule has 0 aliphatic rings. The molecule has 1 N–H and O–H groups in total. The van der Waals surface area contributed by atoms with Crippen LogP contribution in [0.4, 0.5) is 5.69 Å². The molecule has 1 atom stereocenters. The molecule has 0 radical (unpaired) electrons. The Labute approximate surface area is 99.0 Å². The highest BCUT2D eigenvalue weighted by atomic mass is 16.5. The second-order valence-electron chi connectivity index (χ2n) is 4.37. The molecule has 90 valence electrons. The Kier molecular flexibility index (Phi) is 5.17. The summed E-state index contributed by atoms with van der Waals surface area (Å²) in [5, 5.41) is 3.54. The third kappa shape index (κ3) is 3.76. The highest BCUT2D eigenvalue weighted by molar-refractivity contribution is 5.54. The Hall–Kier alpha value is -1.18. The second-order valence-corrected chi connectivity index (χ2v) is 4.37. The van der Waals surface area contributed by atoms with Crippen LogP contribution < -0.4 is 10.1 Å². The van der Waals surface area contributed by atoms with Gasteiger partial charge in [-0.05, 0) is 44.0 Å². The predicted molar refractivity (Wildman–Crippen MR) is 70.3 cm³/mol. The maximum Gasteiger partial charge on any atom is 0.119 e. The lowest BCUT2D eigenvalue weighted by molar-refractivity contribution is 0.414. The van der Waals surface area contributed by atoms with Crippen LogP contribution >= 0.6 is 0 Å². The molecule has 0 spiro atoms. The summed E-state index contributed by atoms with van der Waals surface area (Å²) in [6.07, 6.45) is 3.76. The fraction of sp³-hybridized carbons (Fsp3) is 0.571. The van der Waals surface area contributed by atoms with Gasteiger partial charge in [-0.3, -0.25) is 0 Å². The van der Waals surface area contributed by atoms with Crippen LogP contribution in [0.5, 0.6) is 5.75 Å². The molecule has 0 saturated heterocycles. The average molecular weight is 221 g/mol. The van der Waals surface area contributed by atoms with Gasteiger partial charge in [0.1, 0.15) is 5.75 Å². The molecular formula is C14H23NO. The first-order valence-electron chi connectivity index (χ1n) is 6.08. The molecule has 0 amide bonds. The molecule has 0 heterocycles. The zero-order valence-corrected chi connectivity index (χ0v) is 10.8. The average Bonchev–Trinajstić information content (AvgIpc) is 2.29. The summed E-state index contributed by atoms with van der Waals surface area (Å²) in [5.41, 5.74) is 2.45. The number of benzene rings is 1. The lowest BCUT2D eigenvalue weighted by Crippen LogP contribution is -2.15. The van der Waals surface area contributed by atoms with Crippen molar-refractivity contribution in [1.82, 2.24) is 0 Å². The molecule has 1 rings (SSSR count). The lowest BCUT2D eigenvalue weighted by Gasteiger charge is -2.17. The van der Waals surface area contributed by atoms with E-state index >= 15 is 0 Å². The number of ether oxygens (including phenoxy) is 1. The molecule has 0 saturated carbocycles. The van der Waals surface area contributed by atoms with Crippen molar-refractivity contribution < 1.29 is 4.74 Å². The molecule has 2 heteroatoms. The quantitative estimate of drug-likeness (QED) is 0.784. The van der Waals surface area contributed by atoms with Crippen molar-refractivity contribution in [2.75, 3.05) is 12.4 Å². The summed E-state index contributed by atoms with van der Waals surface area (Å²) >= 11 is 0. The normalized spacial score (nSPS) is 12.2. The lowest BCUT2D eigenvalue weighted by atomic mass is 10.1. The van der Waals surface area contributed by atoms with Crippen LogP contribution in [-0.4, -0.2) is 13.2 Å². The zero-order chi connectivity index (χ0) is 12.0. The van der Waals surface area contributed by atoms with Crippen molar-refractivity contribution >= 4 is 5.69 Å². The van der Waals surface area contributed by atoms with Crippen LogP contribution in [0, 0.1) is 6.92 Å². The fourth-order valence-electron chi connectivity index (χ4n) is 1.77. The minimum absolute atomic E-state index is 0.534. The first-order valence-corrected chi connectivity index (χ1v) is 6.08. The molecule has 1 aromatic carbocycles. The molecule has 0 bridgehead atoms. The van der Waals surface area contributed by atoms with Gasteiger partial charge in [-0.2, -0.15) is 0 Å². The topological polar surface area (TPSA) is 21.3 Å². The molecule has 2 nitrogen and oxygen atoms in total. The second kappa shape index (κ2) is 6.41. The maximum atomic E-state index is 5.19. The van der Waals surface area contributed by atoms with E-state index in [0.29, 0.717) is 6.04 Å². The first kappa shape index (κ1) is 12.9. The van der Waals surface area contributed by atoms with E-state index in [9.17, 15) is 0 Å². The highest BCUT2D eigenvalue weighted by Gasteiger charge is 2.04. The van der Waals surface area contributed by atoms with E-state index in [-0.39, 0.29) is 0 Å². The van der Waals surface area contributed by atoms with Gasteiger partial charge < -0.3 is 10.1 Å². The van der Waals surface area contributed by atoms with E-state index in [4.69, 9.17) is 4.74 Å². The van der Waals surface area contributed by atoms with Crippen LogP contribution in [0.15, 0.2) is 18.2 Å². The van der Waals surface area contributed by atoms with Crippen molar-refractivity contribution in [2.45, 2.75) is 46.1 Å². The smallest absolute Gasteiger partial charge is 0.119 e. The Morgan fingerprint density at radius 2 is 2.12 bits per heavy atom. The Morgan fingerprint density at radius 3 is 2.69 bits per heavy atom. The van der Waals surface area contributed by atoms with Crippen LogP contribution in [0.3, 0.4) is 0 Å². The molecule has 0 aromatic heterocycles. The Bertz CT molecular complexity index is 323. The summed E-state index contributed by atoms with van der Waals surface area (Å²) in [4.78, 5) is 0. The maximum absolute atomic E-state index is 5.19. The number of methoxy groups -OCH3 is 1. The van der Waals surface area contributed by atoms with Crippen LogP contribution in [0.2, 0.25) is 0 Å². The van der Waals surface area contributed by atoms with Gasteiger partial charge in [-0.25, -0.2) is 0 Å². The van der Waals surface area contributed by atoms with Gasteiger partial charge in [0.05, 0.1) is 7.11 Å². The number of hydrogen-bond donors (Lipinski definition) is 1. The standard InChI is InChI=1S/C14H23NO/c1-5-6-7-12(3)15-14-9-8-13(16-4)10-11(14)2/h8-10,12,15H,5-7H2,1-4H3. The molecular weight excluding hydrogens is 198 g/mol. The molecule has 1 aromatic rings. The number of anilines is 1. The predicted octanol–water partition coefficient (Wildman–Crippen LogP) is 3.99. The molecule has 1 unspecified atom stereocenters. The van der Waals surface area contributed by atoms with Crippen LogP contribution in [-0.2, 0) is 0 Å². The van der Waals surface area contributed by atoms with E-state index < -0.39 is 0 Å². The summed E-state index contributed by atoms with van der Waals surface area (Å²) in [7, 11) is 1.70. The molecule has 16 heavy (non-hydrogen) atoms. The summed E-state index contributed by atoms with van der Waals surface area (Å²) < 4.78 is 5.19. The van der Waals surface area contributed by atoms with Gasteiger partial charge >= 0.3 is 0 Å². The fourth-order valence-corrected chi connectivity index (χ4v) is 1.77. The number of rotatable bonds is 6. The molecule has 0 aliphatic heterocycles. The van der Waals surface area contributed by atoms with E-state index in [2.05, 4.69) is 38.2 Å². The largest absolute Gasteiger partial charge is 0.497 e. The third-order valence-corrected chi connectivity index (χ3v) is 2.83. The SMILES string of the molecule is CCCCC(C)Nc1ccc(OC)cc1C. The number of hydrogen-bond acceptors (Lipinski definition) is 2. The van der Waals surface area contributed by atoms with Gasteiger partial charge in [-0.15, -0.1) is 0 Å². The highest BCUT2D eigenvalue weighted by Crippen LogP contribution is 2.22. The van der Waals surface area contributed by atoms with Crippen molar-refractivity contribution in [3.05, 3.63) is 23.8 Å². The van der Waals surface area contributed by atoms with Gasteiger partial charge in [0, 0.05) is 11.7 Å². The zero-order valence-electron chi connectivity index (χ0n) is 10.8. The van der Waals surface area contributed by atoms with Gasteiger partial charge in [0.15, 0.2) is 0 Å². The Morgan fingerprint density at radius 1 is 1.38 bits per heavy atom. The summed E-state index contributed by atoms with van der Waals surface area (Å²) in [6, 6.07) is 6.69. The Balaban J connectivity index is 2.59. The first-order chi connectivity index (χ1) is 7.67. The van der Waals surface area contributed by atoms with Crippen molar-refractivity contribution in [1.29, 1.82) is 0 Å². The van der Waals surface area contributed by atoms with Gasteiger partial charge in [0.25, 0.3) is 0 Å².